The van der Waals surface area contributed by atoms with Gasteiger partial charge in [-0.15, -0.1) is 0 Å². The number of carbonyl (C=O) groups excluding carboxylic acids is 1. The molecule has 0 aliphatic carbocycles. The van der Waals surface area contributed by atoms with Gasteiger partial charge in [0, 0.05) is 45.9 Å². The fourth-order valence-electron chi connectivity index (χ4n) is 4.89. The zero-order valence-electron chi connectivity index (χ0n) is 24.3. The Morgan fingerprint density at radius 1 is 1.04 bits per heavy atom. The number of fused-ring (bicyclic) bond motifs is 2. The number of aryl methyl sites for hydroxylation is 1. The van der Waals surface area contributed by atoms with Crippen molar-refractivity contribution in [3.8, 4) is 22.4 Å². The van der Waals surface area contributed by atoms with E-state index in [1.807, 2.05) is 60.8 Å². The van der Waals surface area contributed by atoms with E-state index in [1.54, 1.807) is 31.5 Å². The number of carbonyl (C=O) groups is 2. The molecule has 3 aromatic carbocycles. The van der Waals surface area contributed by atoms with Gasteiger partial charge >= 0.3 is 18.2 Å². The number of halogens is 4. The van der Waals surface area contributed by atoms with E-state index in [2.05, 4.69) is 15.1 Å². The van der Waals surface area contributed by atoms with Gasteiger partial charge in [-0.1, -0.05) is 30.3 Å². The highest BCUT2D eigenvalue weighted by Gasteiger charge is 2.38. The van der Waals surface area contributed by atoms with Crippen LogP contribution in [-0.4, -0.2) is 55.7 Å². The maximum absolute atomic E-state index is 13.8. The first kappa shape index (κ1) is 31.9. The largest absolute Gasteiger partial charge is 0.490 e. The summed E-state index contributed by atoms with van der Waals surface area (Å²) in [4.78, 5) is 29.6. The number of carboxylic acids is 1. The van der Waals surface area contributed by atoms with Crippen LogP contribution < -0.4 is 5.73 Å². The lowest BCUT2D eigenvalue weighted by Gasteiger charge is -2.12. The molecule has 0 radical (unpaired) electrons. The predicted octanol–water partition coefficient (Wildman–Crippen LogP) is 6.88. The lowest BCUT2D eigenvalue weighted by Crippen LogP contribution is -2.31. The molecule has 6 rings (SSSR count). The fourth-order valence-corrected chi connectivity index (χ4v) is 4.89. The van der Waals surface area contributed by atoms with Gasteiger partial charge in [0.15, 0.2) is 0 Å². The number of rotatable bonds is 6. The molecular formula is C33H27F4N5O4. The summed E-state index contributed by atoms with van der Waals surface area (Å²) in [6.45, 7) is 1.80. The standard InChI is InChI=1S/C31H26FN5O2.C2HF3O2/c1-19-13-21(8-10-27(19)32)30-26(6-4-12-34-30)20-9-11-29-23(14-20)17-36-37(29)31(38)39-18-24(33)15-22-16-35-28-7-3-2-5-25(22)28;3-2(4,5)1(6)7/h2-14,16-17,24,35H,15,18,33H2,1H3;(H,6,7)/t24-;/m1./s1. The van der Waals surface area contributed by atoms with Crippen molar-refractivity contribution in [2.75, 3.05) is 6.61 Å². The second kappa shape index (κ2) is 13.2. The first-order valence-electron chi connectivity index (χ1n) is 13.9. The third-order valence-electron chi connectivity index (χ3n) is 7.11. The summed E-state index contributed by atoms with van der Waals surface area (Å²) < 4.78 is 52.3. The molecule has 0 spiro atoms. The third-order valence-corrected chi connectivity index (χ3v) is 7.11. The van der Waals surface area contributed by atoms with E-state index in [1.165, 1.54) is 10.7 Å². The molecule has 1 atom stereocenters. The van der Waals surface area contributed by atoms with Crippen LogP contribution in [0.1, 0.15) is 11.1 Å². The molecule has 46 heavy (non-hydrogen) atoms. The van der Waals surface area contributed by atoms with Gasteiger partial charge < -0.3 is 20.6 Å². The van der Waals surface area contributed by atoms with Gasteiger partial charge in [0.05, 0.1) is 17.4 Å². The van der Waals surface area contributed by atoms with Gasteiger partial charge in [-0.3, -0.25) is 4.98 Å². The van der Waals surface area contributed by atoms with E-state index in [4.69, 9.17) is 20.4 Å². The Kier molecular flexibility index (Phi) is 9.14. The zero-order valence-corrected chi connectivity index (χ0v) is 24.3. The van der Waals surface area contributed by atoms with Crippen LogP contribution in [0.2, 0.25) is 0 Å². The van der Waals surface area contributed by atoms with Crippen LogP contribution in [0, 0.1) is 12.7 Å². The van der Waals surface area contributed by atoms with Crippen LogP contribution in [0.3, 0.4) is 0 Å². The van der Waals surface area contributed by atoms with Crippen molar-refractivity contribution >= 4 is 33.9 Å². The molecular weight excluding hydrogens is 606 g/mol. The Bertz CT molecular complexity index is 2040. The Labute approximate surface area is 259 Å². The van der Waals surface area contributed by atoms with Crippen molar-refractivity contribution in [3.05, 3.63) is 108 Å². The van der Waals surface area contributed by atoms with Crippen molar-refractivity contribution in [1.82, 2.24) is 19.7 Å². The highest BCUT2D eigenvalue weighted by molar-refractivity contribution is 5.92. The Morgan fingerprint density at radius 3 is 2.52 bits per heavy atom. The van der Waals surface area contributed by atoms with Crippen molar-refractivity contribution in [3.63, 3.8) is 0 Å². The molecule has 3 aromatic heterocycles. The highest BCUT2D eigenvalue weighted by Crippen LogP contribution is 2.33. The Morgan fingerprint density at radius 2 is 1.78 bits per heavy atom. The van der Waals surface area contributed by atoms with Gasteiger partial charge in [0.25, 0.3) is 0 Å². The van der Waals surface area contributed by atoms with Gasteiger partial charge in [-0.05, 0) is 72.5 Å². The number of nitrogens with zero attached hydrogens (tertiary/aromatic N) is 3. The van der Waals surface area contributed by atoms with Crippen LogP contribution in [0.5, 0.6) is 0 Å². The number of para-hydroxylation sites is 1. The van der Waals surface area contributed by atoms with Gasteiger partial charge in [-0.2, -0.15) is 23.0 Å². The van der Waals surface area contributed by atoms with Gasteiger partial charge in [0.1, 0.15) is 12.4 Å². The quantitative estimate of drug-likeness (QED) is 0.170. The molecule has 3 heterocycles. The number of carboxylic acid groups (broad SMARTS) is 1. The van der Waals surface area contributed by atoms with Crippen LogP contribution in [-0.2, 0) is 16.0 Å². The number of ether oxygens (including phenoxy) is 1. The van der Waals surface area contributed by atoms with Crippen molar-refractivity contribution in [2.45, 2.75) is 25.6 Å². The molecule has 0 aliphatic heterocycles. The number of aliphatic carboxylic acids is 1. The van der Waals surface area contributed by atoms with Crippen LogP contribution in [0.15, 0.2) is 91.4 Å². The number of H-pyrrole nitrogens is 1. The molecule has 0 unspecified atom stereocenters. The molecule has 0 saturated heterocycles. The highest BCUT2D eigenvalue weighted by atomic mass is 19.4. The molecule has 6 aromatic rings. The van der Waals surface area contributed by atoms with E-state index in [0.29, 0.717) is 17.5 Å². The molecule has 0 amide bonds. The summed E-state index contributed by atoms with van der Waals surface area (Å²) in [6, 6.07) is 22.1. The number of hydrogen-bond donors (Lipinski definition) is 3. The van der Waals surface area contributed by atoms with Crippen molar-refractivity contribution in [2.24, 2.45) is 5.73 Å². The van der Waals surface area contributed by atoms with Crippen molar-refractivity contribution < 1.29 is 37.0 Å². The Balaban J connectivity index is 0.000000537. The minimum Gasteiger partial charge on any atom is -0.475 e. The molecule has 4 N–H and O–H groups in total. The summed E-state index contributed by atoms with van der Waals surface area (Å²) >= 11 is 0. The maximum atomic E-state index is 13.8. The normalized spacial score (nSPS) is 12.0. The summed E-state index contributed by atoms with van der Waals surface area (Å²) in [6.07, 6.45) is 0.186. The summed E-state index contributed by atoms with van der Waals surface area (Å²) in [5.41, 5.74) is 13.0. The number of aromatic nitrogens is 4. The number of alkyl halides is 3. The van der Waals surface area contributed by atoms with E-state index in [0.717, 1.165) is 44.2 Å². The molecule has 0 fully saturated rings. The minimum absolute atomic E-state index is 0.0634. The average Bonchev–Trinajstić information content (AvgIpc) is 3.65. The second-order valence-electron chi connectivity index (χ2n) is 10.4. The molecule has 13 heteroatoms. The first-order chi connectivity index (χ1) is 21.9. The molecule has 0 aliphatic rings. The number of aromatic amines is 1. The van der Waals surface area contributed by atoms with E-state index >= 15 is 0 Å². The van der Waals surface area contributed by atoms with Crippen molar-refractivity contribution in [1.29, 1.82) is 0 Å². The fraction of sp³-hybridized carbons (Fsp3) is 0.152. The van der Waals surface area contributed by atoms with Gasteiger partial charge in [0.2, 0.25) is 0 Å². The van der Waals surface area contributed by atoms with Gasteiger partial charge in [-0.25, -0.2) is 14.0 Å². The first-order valence-corrected chi connectivity index (χ1v) is 13.9. The Hall–Kier alpha value is -5.56. The number of benzene rings is 3. The molecule has 236 valence electrons. The summed E-state index contributed by atoms with van der Waals surface area (Å²) in [5.74, 6) is -3.01. The number of nitrogens with two attached hydrogens (primary N) is 1. The second-order valence-corrected chi connectivity index (χ2v) is 10.4. The predicted molar refractivity (Wildman–Crippen MR) is 164 cm³/mol. The SMILES string of the molecule is Cc1cc(-c2ncccc2-c2ccc3c(cnn3C(=O)OC[C@H](N)Cc3c[nH]c4ccccc34)c2)ccc1F.O=C(O)C(F)(F)F. The lowest BCUT2D eigenvalue weighted by molar-refractivity contribution is -0.192. The average molecular weight is 634 g/mol. The smallest absolute Gasteiger partial charge is 0.475 e. The van der Waals surface area contributed by atoms with Crippen LogP contribution in [0.25, 0.3) is 44.2 Å². The zero-order chi connectivity index (χ0) is 33.0. The number of hydrogen-bond acceptors (Lipinski definition) is 6. The topological polar surface area (TPSA) is 136 Å². The molecule has 9 nitrogen and oxygen atoms in total. The van der Waals surface area contributed by atoms with E-state index < -0.39 is 18.2 Å². The monoisotopic (exact) mass is 633 g/mol. The number of nitrogens with one attached hydrogen (secondary N) is 1. The third kappa shape index (κ3) is 7.05. The van der Waals surface area contributed by atoms with Crippen LogP contribution in [0.4, 0.5) is 22.4 Å². The molecule has 0 saturated carbocycles. The van der Waals surface area contributed by atoms with E-state index in [9.17, 15) is 22.4 Å². The number of pyridine rings is 1. The summed E-state index contributed by atoms with van der Waals surface area (Å²) in [5, 5.41) is 13.3. The maximum Gasteiger partial charge on any atom is 0.490 e. The minimum atomic E-state index is -5.08. The van der Waals surface area contributed by atoms with E-state index in [-0.39, 0.29) is 18.5 Å². The summed E-state index contributed by atoms with van der Waals surface area (Å²) in [7, 11) is 0. The van der Waals surface area contributed by atoms with Crippen LogP contribution >= 0.6 is 0 Å². The lowest BCUT2D eigenvalue weighted by atomic mass is 9.97. The molecule has 0 bridgehead atoms.